The number of esters is 1. The number of carbonyl (C=O) groups is 3. The van der Waals surface area contributed by atoms with Crippen LogP contribution in [0.15, 0.2) is 48.5 Å². The van der Waals surface area contributed by atoms with Crippen LogP contribution in [-0.4, -0.2) is 35.5 Å². The number of amides is 3. The summed E-state index contributed by atoms with van der Waals surface area (Å²) in [6.07, 6.45) is 0.526. The van der Waals surface area contributed by atoms with Crippen LogP contribution in [0.1, 0.15) is 28.4 Å². The fourth-order valence-electron chi connectivity index (χ4n) is 3.52. The SMILES string of the molecule is CCOC(=O)c1ccc(N2C(=O)[C@H]3Cc4ccccc4CN3C2=O)cc1. The number of anilines is 1. The molecule has 2 aliphatic rings. The Kier molecular flexibility index (Phi) is 3.95. The number of nitrogens with zero attached hydrogens (tertiary/aromatic N) is 2. The van der Waals surface area contributed by atoms with Crippen LogP contribution in [0.4, 0.5) is 10.5 Å². The van der Waals surface area contributed by atoms with E-state index in [1.807, 2.05) is 24.3 Å². The minimum Gasteiger partial charge on any atom is -0.462 e. The van der Waals surface area contributed by atoms with E-state index in [1.54, 1.807) is 36.1 Å². The van der Waals surface area contributed by atoms with E-state index in [-0.39, 0.29) is 11.9 Å². The molecule has 0 unspecified atom stereocenters. The molecule has 2 aromatic rings. The fraction of sp³-hybridized carbons (Fsp3) is 0.250. The number of ether oxygens (including phenoxy) is 1. The molecule has 2 aromatic carbocycles. The van der Waals surface area contributed by atoms with Gasteiger partial charge in [0.05, 0.1) is 17.9 Å². The first-order valence-electron chi connectivity index (χ1n) is 8.58. The van der Waals surface area contributed by atoms with Crippen molar-refractivity contribution >= 4 is 23.6 Å². The van der Waals surface area contributed by atoms with E-state index in [4.69, 9.17) is 4.74 Å². The molecular weight excluding hydrogens is 332 g/mol. The minimum absolute atomic E-state index is 0.228. The van der Waals surface area contributed by atoms with Crippen molar-refractivity contribution in [1.82, 2.24) is 4.90 Å². The second-order valence-corrected chi connectivity index (χ2v) is 6.34. The van der Waals surface area contributed by atoms with Crippen LogP contribution in [0.3, 0.4) is 0 Å². The highest BCUT2D eigenvalue weighted by Crippen LogP contribution is 2.32. The predicted octanol–water partition coefficient (Wildman–Crippen LogP) is 2.76. The van der Waals surface area contributed by atoms with Crippen molar-refractivity contribution in [3.63, 3.8) is 0 Å². The number of urea groups is 1. The van der Waals surface area contributed by atoms with Gasteiger partial charge in [-0.05, 0) is 42.3 Å². The summed E-state index contributed by atoms with van der Waals surface area (Å²) in [6.45, 7) is 2.46. The molecule has 0 aliphatic carbocycles. The topological polar surface area (TPSA) is 66.9 Å². The Labute approximate surface area is 151 Å². The Morgan fingerprint density at radius 3 is 2.46 bits per heavy atom. The first kappa shape index (κ1) is 16.3. The summed E-state index contributed by atoms with van der Waals surface area (Å²) in [5.74, 6) is -0.653. The van der Waals surface area contributed by atoms with Gasteiger partial charge >= 0.3 is 12.0 Å². The third-order valence-corrected chi connectivity index (χ3v) is 4.83. The number of rotatable bonds is 3. The van der Waals surface area contributed by atoms with Gasteiger partial charge in [0.15, 0.2) is 0 Å². The molecular formula is C20H18N2O4. The van der Waals surface area contributed by atoms with Crippen LogP contribution in [0.2, 0.25) is 0 Å². The van der Waals surface area contributed by atoms with Gasteiger partial charge in [-0.25, -0.2) is 14.5 Å². The molecule has 0 radical (unpaired) electrons. The fourth-order valence-corrected chi connectivity index (χ4v) is 3.52. The summed E-state index contributed by atoms with van der Waals surface area (Å²) in [5.41, 5.74) is 3.03. The van der Waals surface area contributed by atoms with Crippen LogP contribution in [0.5, 0.6) is 0 Å². The van der Waals surface area contributed by atoms with Crippen molar-refractivity contribution in [2.45, 2.75) is 25.9 Å². The van der Waals surface area contributed by atoms with Crippen molar-refractivity contribution in [1.29, 1.82) is 0 Å². The van der Waals surface area contributed by atoms with Crippen molar-refractivity contribution in [3.05, 3.63) is 65.2 Å². The Morgan fingerprint density at radius 2 is 1.77 bits per heavy atom. The maximum atomic E-state index is 12.9. The number of hydrogen-bond acceptors (Lipinski definition) is 4. The van der Waals surface area contributed by atoms with E-state index < -0.39 is 12.0 Å². The van der Waals surface area contributed by atoms with Crippen LogP contribution < -0.4 is 4.90 Å². The lowest BCUT2D eigenvalue weighted by atomic mass is 9.95. The van der Waals surface area contributed by atoms with E-state index in [2.05, 4.69) is 0 Å². The summed E-state index contributed by atoms with van der Waals surface area (Å²) < 4.78 is 4.95. The first-order valence-corrected chi connectivity index (χ1v) is 8.58. The lowest BCUT2D eigenvalue weighted by Gasteiger charge is -2.28. The molecule has 4 rings (SSSR count). The number of benzene rings is 2. The summed E-state index contributed by atoms with van der Waals surface area (Å²) >= 11 is 0. The van der Waals surface area contributed by atoms with E-state index in [0.29, 0.717) is 30.8 Å². The van der Waals surface area contributed by atoms with Crippen molar-refractivity contribution in [3.8, 4) is 0 Å². The van der Waals surface area contributed by atoms with Gasteiger partial charge in [-0.2, -0.15) is 0 Å². The maximum absolute atomic E-state index is 12.9. The molecule has 1 atom stereocenters. The zero-order valence-electron chi connectivity index (χ0n) is 14.3. The number of fused-ring (bicyclic) bond motifs is 2. The Balaban J connectivity index is 1.60. The highest BCUT2D eigenvalue weighted by Gasteiger charge is 2.47. The van der Waals surface area contributed by atoms with Crippen LogP contribution >= 0.6 is 0 Å². The number of hydrogen-bond donors (Lipinski definition) is 0. The molecule has 3 amide bonds. The lowest BCUT2D eigenvalue weighted by molar-refractivity contribution is -0.120. The average Bonchev–Trinajstić information content (AvgIpc) is 2.90. The number of imide groups is 1. The van der Waals surface area contributed by atoms with Crippen molar-refractivity contribution in [2.75, 3.05) is 11.5 Å². The minimum atomic E-state index is -0.470. The normalized spacial score (nSPS) is 18.6. The van der Waals surface area contributed by atoms with Gasteiger partial charge < -0.3 is 9.64 Å². The van der Waals surface area contributed by atoms with Gasteiger partial charge in [-0.15, -0.1) is 0 Å². The standard InChI is InChI=1S/C20H18N2O4/c1-2-26-19(24)13-7-9-16(10-8-13)22-18(23)17-11-14-5-3-4-6-15(14)12-21(17)20(22)25/h3-10,17H,2,11-12H2,1H3/t17-/m1/s1. The van der Waals surface area contributed by atoms with Gasteiger partial charge in [-0.3, -0.25) is 4.79 Å². The molecule has 6 heteroatoms. The van der Waals surface area contributed by atoms with Gasteiger partial charge in [0.25, 0.3) is 5.91 Å². The largest absolute Gasteiger partial charge is 0.462 e. The monoisotopic (exact) mass is 350 g/mol. The zero-order valence-corrected chi connectivity index (χ0v) is 14.3. The summed E-state index contributed by atoms with van der Waals surface area (Å²) in [5, 5.41) is 0. The zero-order chi connectivity index (χ0) is 18.3. The van der Waals surface area contributed by atoms with Gasteiger partial charge in [0.2, 0.25) is 0 Å². The third-order valence-electron chi connectivity index (χ3n) is 4.83. The van der Waals surface area contributed by atoms with E-state index in [9.17, 15) is 14.4 Å². The summed E-state index contributed by atoms with van der Waals surface area (Å²) in [6, 6.07) is 13.4. The lowest BCUT2D eigenvalue weighted by Crippen LogP contribution is -2.39. The molecule has 2 heterocycles. The Morgan fingerprint density at radius 1 is 1.08 bits per heavy atom. The van der Waals surface area contributed by atoms with Gasteiger partial charge in [0, 0.05) is 13.0 Å². The molecule has 0 saturated carbocycles. The highest BCUT2D eigenvalue weighted by atomic mass is 16.5. The smallest absolute Gasteiger partial charge is 0.338 e. The summed E-state index contributed by atoms with van der Waals surface area (Å²) in [4.78, 5) is 40.2. The maximum Gasteiger partial charge on any atom is 0.338 e. The highest BCUT2D eigenvalue weighted by molar-refractivity contribution is 6.21. The van der Waals surface area contributed by atoms with E-state index in [0.717, 1.165) is 11.1 Å². The first-order chi connectivity index (χ1) is 12.6. The quantitative estimate of drug-likeness (QED) is 0.631. The molecule has 1 saturated heterocycles. The molecule has 0 N–H and O–H groups in total. The van der Waals surface area contributed by atoms with Gasteiger partial charge in [-0.1, -0.05) is 24.3 Å². The van der Waals surface area contributed by atoms with Crippen molar-refractivity contribution in [2.24, 2.45) is 0 Å². The molecule has 0 bridgehead atoms. The Bertz CT molecular complexity index is 848. The van der Waals surface area contributed by atoms with Crippen LogP contribution in [0, 0.1) is 0 Å². The molecule has 132 valence electrons. The Hall–Kier alpha value is -3.15. The predicted molar refractivity (Wildman–Crippen MR) is 94.8 cm³/mol. The molecule has 0 spiro atoms. The summed E-state index contributed by atoms with van der Waals surface area (Å²) in [7, 11) is 0. The van der Waals surface area contributed by atoms with Crippen LogP contribution in [-0.2, 0) is 22.5 Å². The molecule has 6 nitrogen and oxygen atoms in total. The average molecular weight is 350 g/mol. The third kappa shape index (κ3) is 2.54. The second kappa shape index (κ2) is 6.29. The molecule has 0 aromatic heterocycles. The van der Waals surface area contributed by atoms with Crippen LogP contribution in [0.25, 0.3) is 0 Å². The van der Waals surface area contributed by atoms with E-state index in [1.165, 1.54) is 4.90 Å². The van der Waals surface area contributed by atoms with Gasteiger partial charge in [0.1, 0.15) is 6.04 Å². The second-order valence-electron chi connectivity index (χ2n) is 6.34. The number of carbonyl (C=O) groups excluding carboxylic acids is 3. The van der Waals surface area contributed by atoms with Crippen molar-refractivity contribution < 1.29 is 19.1 Å². The molecule has 2 aliphatic heterocycles. The van der Waals surface area contributed by atoms with E-state index >= 15 is 0 Å². The molecule has 26 heavy (non-hydrogen) atoms. The molecule has 1 fully saturated rings.